The molecule has 1 heterocycles. The summed E-state index contributed by atoms with van der Waals surface area (Å²) in [5, 5.41) is 2.23. The summed E-state index contributed by atoms with van der Waals surface area (Å²) in [6.45, 7) is 7.85. The maximum absolute atomic E-state index is 12.7. The maximum atomic E-state index is 12.7. The van der Waals surface area contributed by atoms with E-state index in [9.17, 15) is 14.4 Å². The Morgan fingerprint density at radius 2 is 1.68 bits per heavy atom. The van der Waals surface area contributed by atoms with E-state index in [0.717, 1.165) is 22.5 Å². The number of ketones is 1. The van der Waals surface area contributed by atoms with Crippen molar-refractivity contribution in [2.24, 2.45) is 0 Å². The zero-order valence-corrected chi connectivity index (χ0v) is 20.8. The predicted molar refractivity (Wildman–Crippen MR) is 136 cm³/mol. The van der Waals surface area contributed by atoms with Gasteiger partial charge in [-0.25, -0.2) is 0 Å². The minimum absolute atomic E-state index is 0.110. The van der Waals surface area contributed by atoms with Crippen molar-refractivity contribution in [3.63, 3.8) is 0 Å². The molecule has 1 N–H and O–H groups in total. The summed E-state index contributed by atoms with van der Waals surface area (Å²) in [6.07, 6.45) is 0. The number of hydrogen-bond acceptors (Lipinski definition) is 5. The Hall–Kier alpha value is -3.32. The quantitative estimate of drug-likeness (QED) is 0.330. The van der Waals surface area contributed by atoms with Gasteiger partial charge in [0.2, 0.25) is 11.7 Å². The SMILES string of the molecule is Cc1ccc(NC(=O)CSC(C)C(=O)OCC(=O)c2cc(C)n(Cc3ccccc3)c2C)cc1. The van der Waals surface area contributed by atoms with Crippen molar-refractivity contribution in [2.75, 3.05) is 17.7 Å². The van der Waals surface area contributed by atoms with Crippen LogP contribution in [0.2, 0.25) is 0 Å². The molecule has 178 valence electrons. The van der Waals surface area contributed by atoms with Gasteiger partial charge in [-0.15, -0.1) is 11.8 Å². The summed E-state index contributed by atoms with van der Waals surface area (Å²) in [6, 6.07) is 19.4. The molecular weight excluding hydrogens is 448 g/mol. The van der Waals surface area contributed by atoms with Crippen molar-refractivity contribution in [3.8, 4) is 0 Å². The fourth-order valence-corrected chi connectivity index (χ4v) is 4.20. The lowest BCUT2D eigenvalue weighted by Gasteiger charge is -2.12. The minimum Gasteiger partial charge on any atom is -0.456 e. The van der Waals surface area contributed by atoms with Crippen LogP contribution >= 0.6 is 11.8 Å². The molecule has 0 aliphatic rings. The Morgan fingerprint density at radius 3 is 2.35 bits per heavy atom. The van der Waals surface area contributed by atoms with Gasteiger partial charge in [0.15, 0.2) is 6.61 Å². The Balaban J connectivity index is 1.48. The van der Waals surface area contributed by atoms with E-state index in [2.05, 4.69) is 9.88 Å². The lowest BCUT2D eigenvalue weighted by atomic mass is 10.1. The van der Waals surface area contributed by atoms with Crippen LogP contribution in [0.5, 0.6) is 0 Å². The summed E-state index contributed by atoms with van der Waals surface area (Å²) in [4.78, 5) is 37.2. The smallest absolute Gasteiger partial charge is 0.319 e. The van der Waals surface area contributed by atoms with Gasteiger partial charge in [-0.05, 0) is 51.5 Å². The van der Waals surface area contributed by atoms with E-state index in [1.165, 1.54) is 11.8 Å². The van der Waals surface area contributed by atoms with Crippen LogP contribution in [-0.4, -0.2) is 39.8 Å². The number of amides is 1. The van der Waals surface area contributed by atoms with Crippen LogP contribution < -0.4 is 5.32 Å². The molecule has 1 atom stereocenters. The van der Waals surface area contributed by atoms with Gasteiger partial charge in [-0.2, -0.15) is 0 Å². The third-order valence-corrected chi connectivity index (χ3v) is 6.66. The fraction of sp³-hybridized carbons (Fsp3) is 0.296. The van der Waals surface area contributed by atoms with Crippen LogP contribution in [0.25, 0.3) is 0 Å². The number of aryl methyl sites for hydroxylation is 2. The Bertz CT molecular complexity index is 1150. The van der Waals surface area contributed by atoms with Gasteiger partial charge < -0.3 is 14.6 Å². The number of aromatic nitrogens is 1. The topological polar surface area (TPSA) is 77.4 Å². The van der Waals surface area contributed by atoms with E-state index >= 15 is 0 Å². The van der Waals surface area contributed by atoms with E-state index in [-0.39, 0.29) is 24.1 Å². The van der Waals surface area contributed by atoms with Gasteiger partial charge in [0, 0.05) is 29.2 Å². The number of nitrogens with one attached hydrogen (secondary N) is 1. The van der Waals surface area contributed by atoms with Crippen LogP contribution in [0, 0.1) is 20.8 Å². The summed E-state index contributed by atoms with van der Waals surface area (Å²) >= 11 is 1.17. The molecule has 6 nitrogen and oxygen atoms in total. The summed E-state index contributed by atoms with van der Waals surface area (Å²) in [7, 11) is 0. The molecular formula is C27H30N2O4S. The van der Waals surface area contributed by atoms with E-state index in [1.54, 1.807) is 6.92 Å². The fourth-order valence-electron chi connectivity index (χ4n) is 3.53. The number of anilines is 1. The van der Waals surface area contributed by atoms with Crippen molar-refractivity contribution in [1.29, 1.82) is 0 Å². The molecule has 0 saturated heterocycles. The van der Waals surface area contributed by atoms with Crippen LogP contribution in [0.1, 0.15) is 39.8 Å². The zero-order chi connectivity index (χ0) is 24.7. The molecule has 1 aromatic heterocycles. The summed E-state index contributed by atoms with van der Waals surface area (Å²) < 4.78 is 7.33. The number of rotatable bonds is 10. The second kappa shape index (κ2) is 11.7. The second-order valence-electron chi connectivity index (χ2n) is 8.25. The van der Waals surface area contributed by atoms with Gasteiger partial charge in [-0.3, -0.25) is 14.4 Å². The molecule has 34 heavy (non-hydrogen) atoms. The Labute approximate surface area is 204 Å². The molecule has 0 spiro atoms. The molecule has 1 amide bonds. The maximum Gasteiger partial charge on any atom is 0.319 e. The molecule has 0 bridgehead atoms. The van der Waals surface area contributed by atoms with Crippen LogP contribution in [0.15, 0.2) is 60.7 Å². The summed E-state index contributed by atoms with van der Waals surface area (Å²) in [5.74, 6) is -0.844. The van der Waals surface area contributed by atoms with E-state index in [1.807, 2.05) is 81.4 Å². The number of carbonyl (C=O) groups excluding carboxylic acids is 3. The summed E-state index contributed by atoms with van der Waals surface area (Å²) in [5.41, 5.74) is 5.33. The largest absolute Gasteiger partial charge is 0.456 e. The molecule has 7 heteroatoms. The molecule has 3 rings (SSSR count). The van der Waals surface area contributed by atoms with E-state index < -0.39 is 11.2 Å². The first-order valence-corrected chi connectivity index (χ1v) is 12.2. The minimum atomic E-state index is -0.568. The van der Waals surface area contributed by atoms with Crippen LogP contribution in [-0.2, 0) is 20.9 Å². The van der Waals surface area contributed by atoms with Crippen molar-refractivity contribution in [2.45, 2.75) is 39.5 Å². The Morgan fingerprint density at radius 1 is 1.00 bits per heavy atom. The average molecular weight is 479 g/mol. The van der Waals surface area contributed by atoms with E-state index in [4.69, 9.17) is 4.74 Å². The monoisotopic (exact) mass is 478 g/mol. The number of Topliss-reactive ketones (excluding diaryl/α,β-unsaturated/α-hetero) is 1. The number of benzene rings is 2. The average Bonchev–Trinajstić information content (AvgIpc) is 3.11. The highest BCUT2D eigenvalue weighted by Gasteiger charge is 2.21. The lowest BCUT2D eigenvalue weighted by Crippen LogP contribution is -2.24. The molecule has 3 aromatic rings. The molecule has 0 aliphatic carbocycles. The molecule has 1 unspecified atom stereocenters. The van der Waals surface area contributed by atoms with Gasteiger partial charge in [0.05, 0.1) is 5.75 Å². The van der Waals surface area contributed by atoms with Gasteiger partial charge in [0.1, 0.15) is 5.25 Å². The number of nitrogens with zero attached hydrogens (tertiary/aromatic N) is 1. The number of ether oxygens (including phenoxy) is 1. The predicted octanol–water partition coefficient (Wildman–Crippen LogP) is 4.95. The third-order valence-electron chi connectivity index (χ3n) is 5.53. The number of thioether (sulfide) groups is 1. The molecule has 0 fully saturated rings. The first-order chi connectivity index (χ1) is 16.2. The van der Waals surface area contributed by atoms with Gasteiger partial charge in [0.25, 0.3) is 0 Å². The first-order valence-electron chi connectivity index (χ1n) is 11.1. The highest BCUT2D eigenvalue weighted by Crippen LogP contribution is 2.19. The molecule has 0 radical (unpaired) electrons. The molecule has 2 aromatic carbocycles. The highest BCUT2D eigenvalue weighted by atomic mass is 32.2. The number of hydrogen-bond donors (Lipinski definition) is 1. The van der Waals surface area contributed by atoms with Crippen LogP contribution in [0.3, 0.4) is 0 Å². The molecule has 0 aliphatic heterocycles. The number of esters is 1. The Kier molecular flexibility index (Phi) is 8.71. The van der Waals surface area contributed by atoms with Gasteiger partial charge in [-0.1, -0.05) is 48.0 Å². The van der Waals surface area contributed by atoms with Crippen molar-refractivity contribution < 1.29 is 19.1 Å². The zero-order valence-electron chi connectivity index (χ0n) is 20.0. The second-order valence-corrected chi connectivity index (χ2v) is 9.58. The van der Waals surface area contributed by atoms with Crippen molar-refractivity contribution in [3.05, 3.63) is 88.7 Å². The van der Waals surface area contributed by atoms with E-state index in [0.29, 0.717) is 17.8 Å². The van der Waals surface area contributed by atoms with Gasteiger partial charge >= 0.3 is 5.97 Å². The highest BCUT2D eigenvalue weighted by molar-refractivity contribution is 8.01. The van der Waals surface area contributed by atoms with Crippen molar-refractivity contribution in [1.82, 2.24) is 4.57 Å². The normalized spacial score (nSPS) is 11.6. The first kappa shape index (κ1) is 25.3. The molecule has 0 saturated carbocycles. The van der Waals surface area contributed by atoms with Crippen molar-refractivity contribution >= 4 is 35.1 Å². The lowest BCUT2D eigenvalue weighted by molar-refractivity contribution is -0.141. The standard InChI is InChI=1S/C27H30N2O4S/c1-18-10-12-23(13-11-18)28-26(31)17-34-21(4)27(32)33-16-25(30)24-14-19(2)29(20(24)3)15-22-8-6-5-7-9-22/h5-14,21H,15-17H2,1-4H3,(H,28,31). The third kappa shape index (κ3) is 6.84. The number of carbonyl (C=O) groups is 3. The van der Waals surface area contributed by atoms with Crippen LogP contribution in [0.4, 0.5) is 5.69 Å².